The summed E-state index contributed by atoms with van der Waals surface area (Å²) in [5.74, 6) is 0.416. The molecular formula is C33H41N5O6S. The molecule has 45 heavy (non-hydrogen) atoms. The van der Waals surface area contributed by atoms with Crippen molar-refractivity contribution in [1.82, 2.24) is 23.8 Å². The summed E-state index contributed by atoms with van der Waals surface area (Å²) in [7, 11) is 1.61. The number of carbonyl (C=O) groups is 1. The highest BCUT2D eigenvalue weighted by atomic mass is 32.1. The van der Waals surface area contributed by atoms with Crippen LogP contribution in [-0.4, -0.2) is 69.2 Å². The van der Waals surface area contributed by atoms with E-state index in [1.54, 1.807) is 41.3 Å². The minimum atomic E-state index is -1.41. The van der Waals surface area contributed by atoms with Gasteiger partial charge in [-0.3, -0.25) is 14.2 Å². The Balaban J connectivity index is 1.55. The molecule has 0 N–H and O–H groups in total. The van der Waals surface area contributed by atoms with Crippen molar-refractivity contribution in [3.05, 3.63) is 74.7 Å². The van der Waals surface area contributed by atoms with Crippen LogP contribution in [0.25, 0.3) is 15.2 Å². The highest BCUT2D eigenvalue weighted by Crippen LogP contribution is 2.35. The Labute approximate surface area is 265 Å². The SMILES string of the molecule is COc1ccccc1[C@H](Cn1c(=O)n(C(C)(C)C(=O)N2CCCCC2)c(=O)c2c(C)c(-n3cccn3)sc21)OC1CCOCC1. The molecule has 0 saturated carbocycles. The fraction of sp³-hybridized carbons (Fsp3) is 0.515. The van der Waals surface area contributed by atoms with Crippen LogP contribution in [0.5, 0.6) is 5.75 Å². The van der Waals surface area contributed by atoms with Crippen molar-refractivity contribution < 1.29 is 19.0 Å². The molecule has 240 valence electrons. The van der Waals surface area contributed by atoms with Gasteiger partial charge >= 0.3 is 5.69 Å². The molecule has 1 amide bonds. The first-order valence-corrected chi connectivity index (χ1v) is 16.5. The molecule has 11 nitrogen and oxygen atoms in total. The zero-order valence-electron chi connectivity index (χ0n) is 26.4. The van der Waals surface area contributed by atoms with Gasteiger partial charge in [-0.1, -0.05) is 29.5 Å². The first-order valence-electron chi connectivity index (χ1n) is 15.7. The number of para-hydroxylation sites is 1. The van der Waals surface area contributed by atoms with Crippen LogP contribution in [0.3, 0.4) is 0 Å². The Kier molecular flexibility index (Phi) is 8.98. The zero-order valence-corrected chi connectivity index (χ0v) is 27.2. The number of aryl methyl sites for hydroxylation is 1. The van der Waals surface area contributed by atoms with Crippen LogP contribution < -0.4 is 16.0 Å². The van der Waals surface area contributed by atoms with Crippen LogP contribution in [0, 0.1) is 6.92 Å². The summed E-state index contributed by atoms with van der Waals surface area (Å²) in [6.07, 6.45) is 7.17. The molecule has 6 rings (SSSR count). The van der Waals surface area contributed by atoms with E-state index in [0.717, 1.165) is 47.2 Å². The average molecular weight is 636 g/mol. The molecule has 0 spiro atoms. The molecule has 1 aromatic carbocycles. The number of hydrogen-bond acceptors (Lipinski definition) is 8. The van der Waals surface area contributed by atoms with Crippen LogP contribution in [0.2, 0.25) is 0 Å². The summed E-state index contributed by atoms with van der Waals surface area (Å²) < 4.78 is 22.5. The third-order valence-electron chi connectivity index (χ3n) is 8.98. The van der Waals surface area contributed by atoms with Gasteiger partial charge in [0.2, 0.25) is 5.91 Å². The summed E-state index contributed by atoms with van der Waals surface area (Å²) in [6.45, 7) is 7.76. The van der Waals surface area contributed by atoms with Crippen molar-refractivity contribution in [1.29, 1.82) is 0 Å². The molecule has 12 heteroatoms. The Hall–Kier alpha value is -3.74. The van der Waals surface area contributed by atoms with Crippen LogP contribution >= 0.6 is 11.3 Å². The van der Waals surface area contributed by atoms with Gasteiger partial charge in [-0.25, -0.2) is 14.0 Å². The van der Waals surface area contributed by atoms with Crippen molar-refractivity contribution in [2.45, 2.75) is 77.2 Å². The number of methoxy groups -OCH3 is 1. The number of hydrogen-bond donors (Lipinski definition) is 0. The van der Waals surface area contributed by atoms with Crippen LogP contribution in [-0.2, 0) is 26.4 Å². The lowest BCUT2D eigenvalue weighted by molar-refractivity contribution is -0.140. The van der Waals surface area contributed by atoms with E-state index < -0.39 is 22.9 Å². The topological polar surface area (TPSA) is 110 Å². The molecule has 2 saturated heterocycles. The maximum Gasteiger partial charge on any atom is 0.333 e. The number of likely N-dealkylation sites (tertiary alicyclic amines) is 1. The first kappa shape index (κ1) is 31.3. The molecule has 0 radical (unpaired) electrons. The first-order chi connectivity index (χ1) is 21.7. The summed E-state index contributed by atoms with van der Waals surface area (Å²) >= 11 is 1.33. The van der Waals surface area contributed by atoms with Gasteiger partial charge in [0.25, 0.3) is 5.56 Å². The van der Waals surface area contributed by atoms with E-state index in [1.165, 1.54) is 11.3 Å². The van der Waals surface area contributed by atoms with E-state index in [1.807, 2.05) is 43.5 Å². The second-order valence-corrected chi connectivity index (χ2v) is 13.3. The summed E-state index contributed by atoms with van der Waals surface area (Å²) in [4.78, 5) is 45.4. The molecule has 1 atom stereocenters. The van der Waals surface area contributed by atoms with Gasteiger partial charge in [-0.15, -0.1) is 0 Å². The molecule has 2 aliphatic heterocycles. The van der Waals surface area contributed by atoms with E-state index >= 15 is 0 Å². The fourth-order valence-corrected chi connectivity index (χ4v) is 7.78. The van der Waals surface area contributed by atoms with Crippen LogP contribution in [0.4, 0.5) is 0 Å². The Morgan fingerprint density at radius 2 is 1.84 bits per heavy atom. The number of aromatic nitrogens is 4. The number of fused-ring (bicyclic) bond motifs is 1. The molecule has 4 aromatic rings. The standard InChI is InChI=1S/C33H41N5O6S/c1-22-27-28(39)38(33(2,3)31(40)35-16-8-5-9-17-35)32(41)36(30(27)45-29(22)37-18-10-15-34-37)21-26(44-23-13-19-43-20-14-23)24-11-6-7-12-25(24)42-4/h6-7,10-12,15,18,23,26H,5,8-9,13-14,16-17,19-21H2,1-4H3/t26-/m0/s1. The van der Waals surface area contributed by atoms with Gasteiger partial charge in [0.1, 0.15) is 27.2 Å². The third-order valence-corrected chi connectivity index (χ3v) is 10.3. The molecule has 2 aliphatic rings. The van der Waals surface area contributed by atoms with Gasteiger partial charge in [0, 0.05) is 49.8 Å². The number of benzene rings is 1. The lowest BCUT2D eigenvalue weighted by Gasteiger charge is -2.35. The second kappa shape index (κ2) is 12.9. The molecule has 0 unspecified atom stereocenters. The van der Waals surface area contributed by atoms with E-state index in [4.69, 9.17) is 14.2 Å². The Bertz CT molecular complexity index is 1780. The van der Waals surface area contributed by atoms with Gasteiger partial charge in [-0.05, 0) is 65.0 Å². The maximum atomic E-state index is 14.7. The number of ether oxygens (including phenoxy) is 3. The summed E-state index contributed by atoms with van der Waals surface area (Å²) in [5, 5.41) is 5.54. The smallest absolute Gasteiger partial charge is 0.333 e. The number of thiophene rings is 1. The quantitative estimate of drug-likeness (QED) is 0.268. The Morgan fingerprint density at radius 3 is 2.53 bits per heavy atom. The fourth-order valence-electron chi connectivity index (χ4n) is 6.53. The van der Waals surface area contributed by atoms with Gasteiger partial charge < -0.3 is 19.1 Å². The minimum Gasteiger partial charge on any atom is -0.496 e. The number of carbonyl (C=O) groups excluding carboxylic acids is 1. The molecule has 2 fully saturated rings. The van der Waals surface area contributed by atoms with Crippen molar-refractivity contribution in [3.63, 3.8) is 0 Å². The summed E-state index contributed by atoms with van der Waals surface area (Å²) in [6, 6.07) is 9.45. The predicted octanol–water partition coefficient (Wildman–Crippen LogP) is 4.41. The van der Waals surface area contributed by atoms with Crippen molar-refractivity contribution in [2.24, 2.45) is 0 Å². The number of rotatable bonds is 9. The van der Waals surface area contributed by atoms with Gasteiger partial charge in [0.15, 0.2) is 0 Å². The van der Waals surface area contributed by atoms with Gasteiger partial charge in [-0.2, -0.15) is 5.10 Å². The molecule has 0 bridgehead atoms. The second-order valence-electron chi connectivity index (χ2n) is 12.3. The molecular weight excluding hydrogens is 594 g/mol. The maximum absolute atomic E-state index is 14.7. The van der Waals surface area contributed by atoms with Crippen LogP contribution in [0.15, 0.2) is 52.3 Å². The minimum absolute atomic E-state index is 0.0763. The Morgan fingerprint density at radius 1 is 1.11 bits per heavy atom. The van der Waals surface area contributed by atoms with Crippen molar-refractivity contribution in [2.75, 3.05) is 33.4 Å². The van der Waals surface area contributed by atoms with Gasteiger partial charge in [0.05, 0.1) is 25.1 Å². The third kappa shape index (κ3) is 5.86. The highest BCUT2D eigenvalue weighted by Gasteiger charge is 2.39. The monoisotopic (exact) mass is 635 g/mol. The lowest BCUT2D eigenvalue weighted by atomic mass is 10.00. The van der Waals surface area contributed by atoms with Crippen LogP contribution in [0.1, 0.15) is 63.2 Å². The van der Waals surface area contributed by atoms with E-state index in [0.29, 0.717) is 47.8 Å². The molecule has 0 aliphatic carbocycles. The number of amides is 1. The van der Waals surface area contributed by atoms with Crippen molar-refractivity contribution in [3.8, 4) is 10.8 Å². The zero-order chi connectivity index (χ0) is 31.7. The van der Waals surface area contributed by atoms with E-state index in [-0.39, 0.29) is 18.6 Å². The number of nitrogens with zero attached hydrogens (tertiary/aromatic N) is 5. The largest absolute Gasteiger partial charge is 0.496 e. The van der Waals surface area contributed by atoms with Crippen molar-refractivity contribution >= 4 is 27.5 Å². The molecule has 5 heterocycles. The molecule has 3 aromatic heterocycles. The van der Waals surface area contributed by atoms with E-state index in [9.17, 15) is 14.4 Å². The highest BCUT2D eigenvalue weighted by molar-refractivity contribution is 7.21. The number of piperidine rings is 1. The lowest BCUT2D eigenvalue weighted by Crippen LogP contribution is -2.57. The normalized spacial score (nSPS) is 17.1. The predicted molar refractivity (Wildman–Crippen MR) is 173 cm³/mol. The average Bonchev–Trinajstić information content (AvgIpc) is 3.71. The van der Waals surface area contributed by atoms with E-state index in [2.05, 4.69) is 5.10 Å². The summed E-state index contributed by atoms with van der Waals surface area (Å²) in [5.41, 5.74) is -0.942.